The van der Waals surface area contributed by atoms with Crippen molar-refractivity contribution in [1.29, 1.82) is 0 Å². The third-order valence-electron chi connectivity index (χ3n) is 9.64. The molecule has 4 fully saturated rings. The van der Waals surface area contributed by atoms with Crippen LogP contribution < -0.4 is 10.1 Å². The number of H-pyrrole nitrogens is 1. The lowest BCUT2D eigenvalue weighted by atomic mass is 9.62. The molecule has 2 N–H and O–H groups in total. The molecule has 0 radical (unpaired) electrons. The standard InChI is InChI=1S/C28H35F3N6O3/c1-26(2)21(12-22(26)36-9-7-28(30,31)15-36)33-24(38)16-4-8-37(27(13-16)5-6-27)25(39)20-11-19(34-35-20)17-10-23(40-3)32-14-18(17)29/h10-11,14,16,21-22H,4-9,12-13,15H2,1-3H3,(H,33,38)(H,34,35)/t16-,21-,22+/m0/s1. The lowest BCUT2D eigenvalue weighted by Crippen LogP contribution is -2.67. The van der Waals surface area contributed by atoms with Crippen molar-refractivity contribution in [3.63, 3.8) is 0 Å². The Balaban J connectivity index is 1.08. The summed E-state index contributed by atoms with van der Waals surface area (Å²) in [6.07, 6.45) is 4.36. The quantitative estimate of drug-likeness (QED) is 0.560. The van der Waals surface area contributed by atoms with E-state index in [1.54, 1.807) is 0 Å². The third kappa shape index (κ3) is 4.63. The van der Waals surface area contributed by atoms with E-state index < -0.39 is 11.7 Å². The van der Waals surface area contributed by atoms with E-state index in [1.807, 2.05) is 23.6 Å². The Bertz CT molecular complexity index is 1330. The third-order valence-corrected chi connectivity index (χ3v) is 9.64. The van der Waals surface area contributed by atoms with Gasteiger partial charge in [0.05, 0.1) is 25.5 Å². The molecule has 3 atom stereocenters. The van der Waals surface area contributed by atoms with Crippen LogP contribution in [0, 0.1) is 17.2 Å². The topological polar surface area (TPSA) is 103 Å². The van der Waals surface area contributed by atoms with Crippen molar-refractivity contribution < 1.29 is 27.5 Å². The highest BCUT2D eigenvalue weighted by Crippen LogP contribution is 2.51. The van der Waals surface area contributed by atoms with Gasteiger partial charge in [-0.25, -0.2) is 18.2 Å². The fourth-order valence-corrected chi connectivity index (χ4v) is 6.88. The molecular weight excluding hydrogens is 525 g/mol. The Labute approximate surface area is 230 Å². The van der Waals surface area contributed by atoms with Gasteiger partial charge in [0, 0.05) is 60.1 Å². The molecule has 6 rings (SSSR count). The zero-order chi connectivity index (χ0) is 28.4. The van der Waals surface area contributed by atoms with Crippen molar-refractivity contribution in [1.82, 2.24) is 30.3 Å². The first-order valence-electron chi connectivity index (χ1n) is 13.9. The maximum atomic E-state index is 14.4. The molecule has 1 spiro atoms. The summed E-state index contributed by atoms with van der Waals surface area (Å²) >= 11 is 0. The summed E-state index contributed by atoms with van der Waals surface area (Å²) in [7, 11) is 1.44. The highest BCUT2D eigenvalue weighted by molar-refractivity contribution is 5.94. The van der Waals surface area contributed by atoms with Crippen LogP contribution in [0.2, 0.25) is 0 Å². The summed E-state index contributed by atoms with van der Waals surface area (Å²) in [6.45, 7) is 4.69. The van der Waals surface area contributed by atoms with Crippen molar-refractivity contribution in [2.24, 2.45) is 11.3 Å². The maximum Gasteiger partial charge on any atom is 0.274 e. The lowest BCUT2D eigenvalue weighted by Gasteiger charge is -2.56. The van der Waals surface area contributed by atoms with Gasteiger partial charge in [-0.3, -0.25) is 19.6 Å². The Kier molecular flexibility index (Phi) is 6.39. The van der Waals surface area contributed by atoms with E-state index in [4.69, 9.17) is 4.74 Å². The Hall–Kier alpha value is -3.15. The molecule has 2 saturated carbocycles. The smallest absolute Gasteiger partial charge is 0.274 e. The largest absolute Gasteiger partial charge is 0.481 e. The average molecular weight is 561 g/mol. The second-order valence-electron chi connectivity index (χ2n) is 12.5. The number of carbonyl (C=O) groups is 2. The number of amides is 2. The average Bonchev–Trinajstić information content (AvgIpc) is 3.33. The van der Waals surface area contributed by atoms with E-state index >= 15 is 0 Å². The molecule has 0 bridgehead atoms. The highest BCUT2D eigenvalue weighted by Gasteiger charge is 2.57. The van der Waals surface area contributed by atoms with Crippen LogP contribution in [0.5, 0.6) is 5.88 Å². The number of nitrogens with zero attached hydrogens (tertiary/aromatic N) is 4. The number of hydrogen-bond donors (Lipinski definition) is 2. The van der Waals surface area contributed by atoms with Crippen LogP contribution in [0.15, 0.2) is 18.3 Å². The molecule has 2 saturated heterocycles. The summed E-state index contributed by atoms with van der Waals surface area (Å²) in [6, 6.07) is 2.93. The van der Waals surface area contributed by atoms with E-state index in [9.17, 15) is 22.8 Å². The fourth-order valence-electron chi connectivity index (χ4n) is 6.88. The molecule has 2 aromatic rings. The predicted octanol–water partition coefficient (Wildman–Crippen LogP) is 3.63. The zero-order valence-corrected chi connectivity index (χ0v) is 23.0. The van der Waals surface area contributed by atoms with E-state index in [1.165, 1.54) is 19.2 Å². The summed E-state index contributed by atoms with van der Waals surface area (Å²) in [5.41, 5.74) is 0.0729. The number of halogens is 3. The molecule has 2 aliphatic carbocycles. The van der Waals surface area contributed by atoms with Crippen molar-refractivity contribution >= 4 is 11.8 Å². The molecule has 12 heteroatoms. The second-order valence-corrected chi connectivity index (χ2v) is 12.5. The molecule has 2 amide bonds. The summed E-state index contributed by atoms with van der Waals surface area (Å²) < 4.78 is 47.0. The van der Waals surface area contributed by atoms with E-state index in [0.717, 1.165) is 19.0 Å². The van der Waals surface area contributed by atoms with E-state index in [0.29, 0.717) is 38.0 Å². The fraction of sp³-hybridized carbons (Fsp3) is 0.643. The van der Waals surface area contributed by atoms with Crippen LogP contribution >= 0.6 is 0 Å². The molecule has 0 unspecified atom stereocenters. The number of rotatable bonds is 6. The van der Waals surface area contributed by atoms with Crippen molar-refractivity contribution in [2.45, 2.75) is 75.9 Å². The number of aromatic amines is 1. The number of carbonyl (C=O) groups excluding carboxylic acids is 2. The second kappa shape index (κ2) is 9.46. The van der Waals surface area contributed by atoms with Gasteiger partial charge >= 0.3 is 0 Å². The van der Waals surface area contributed by atoms with Crippen LogP contribution in [0.4, 0.5) is 13.2 Å². The zero-order valence-electron chi connectivity index (χ0n) is 23.0. The van der Waals surface area contributed by atoms with Gasteiger partial charge in [-0.1, -0.05) is 13.8 Å². The molecule has 40 heavy (non-hydrogen) atoms. The summed E-state index contributed by atoms with van der Waals surface area (Å²) in [5.74, 6) is -3.43. The first-order chi connectivity index (χ1) is 18.9. The monoisotopic (exact) mass is 560 g/mol. The van der Waals surface area contributed by atoms with Gasteiger partial charge in [0.25, 0.3) is 11.8 Å². The SMILES string of the molecule is COc1cc(-c2cc(C(=O)N3CC[C@H](C(=O)N[C@H]4C[C@@H](N5CCC(F)(F)C5)C4(C)C)CC34CC4)n[nH]2)c(F)cn1. The van der Waals surface area contributed by atoms with E-state index in [-0.39, 0.29) is 70.9 Å². The minimum absolute atomic E-state index is 0.0224. The number of ether oxygens (including phenoxy) is 1. The van der Waals surface area contributed by atoms with Crippen LogP contribution in [0.3, 0.4) is 0 Å². The number of hydrogen-bond acceptors (Lipinski definition) is 6. The van der Waals surface area contributed by atoms with Gasteiger partial charge < -0.3 is 15.0 Å². The van der Waals surface area contributed by atoms with Gasteiger partial charge in [0.15, 0.2) is 11.5 Å². The number of pyridine rings is 1. The minimum Gasteiger partial charge on any atom is -0.481 e. The number of nitrogens with one attached hydrogen (secondary N) is 2. The van der Waals surface area contributed by atoms with Crippen LogP contribution in [-0.2, 0) is 4.79 Å². The maximum absolute atomic E-state index is 14.4. The first-order valence-corrected chi connectivity index (χ1v) is 13.9. The van der Waals surface area contributed by atoms with Crippen molar-refractivity contribution in [2.75, 3.05) is 26.7 Å². The Morgan fingerprint density at radius 1 is 1.18 bits per heavy atom. The molecule has 216 valence electrons. The molecule has 4 aliphatic rings. The highest BCUT2D eigenvalue weighted by atomic mass is 19.3. The van der Waals surface area contributed by atoms with Crippen LogP contribution in [0.1, 0.15) is 62.9 Å². The summed E-state index contributed by atoms with van der Waals surface area (Å²) in [4.78, 5) is 34.3. The van der Waals surface area contributed by atoms with Crippen LogP contribution in [-0.4, -0.2) is 87.1 Å². The number of aromatic nitrogens is 3. The number of likely N-dealkylation sites (tertiary alicyclic amines) is 2. The lowest BCUT2D eigenvalue weighted by molar-refractivity contribution is -0.133. The number of piperidine rings is 1. The molecule has 0 aromatic carbocycles. The predicted molar refractivity (Wildman–Crippen MR) is 139 cm³/mol. The number of alkyl halides is 2. The van der Waals surface area contributed by atoms with Crippen molar-refractivity contribution in [3.05, 3.63) is 29.8 Å². The summed E-state index contributed by atoms with van der Waals surface area (Å²) in [5, 5.41) is 10.1. The van der Waals surface area contributed by atoms with Gasteiger partial charge in [-0.05, 0) is 38.2 Å². The Morgan fingerprint density at radius 2 is 1.95 bits per heavy atom. The molecule has 2 aromatic heterocycles. The van der Waals surface area contributed by atoms with Gasteiger partial charge in [-0.15, -0.1) is 0 Å². The normalized spacial score (nSPS) is 28.2. The van der Waals surface area contributed by atoms with E-state index in [2.05, 4.69) is 20.5 Å². The van der Waals surface area contributed by atoms with Crippen molar-refractivity contribution in [3.8, 4) is 17.1 Å². The molecule has 2 aliphatic heterocycles. The Morgan fingerprint density at radius 3 is 2.60 bits per heavy atom. The molecule has 9 nitrogen and oxygen atoms in total. The number of methoxy groups -OCH3 is 1. The van der Waals surface area contributed by atoms with Gasteiger partial charge in [0.1, 0.15) is 0 Å². The first kappa shape index (κ1) is 27.0. The van der Waals surface area contributed by atoms with Gasteiger partial charge in [-0.2, -0.15) is 5.10 Å². The minimum atomic E-state index is -2.63. The van der Waals surface area contributed by atoms with Crippen LogP contribution in [0.25, 0.3) is 11.3 Å². The van der Waals surface area contributed by atoms with Gasteiger partial charge in [0.2, 0.25) is 11.8 Å². The molecular formula is C28H35F3N6O3. The molecule has 4 heterocycles.